The third-order valence-electron chi connectivity index (χ3n) is 4.48. The summed E-state index contributed by atoms with van der Waals surface area (Å²) in [6, 6.07) is 9.95. The van der Waals surface area contributed by atoms with Crippen LogP contribution >= 0.6 is 0 Å². The van der Waals surface area contributed by atoms with Crippen molar-refractivity contribution < 1.29 is 9.53 Å². The van der Waals surface area contributed by atoms with Crippen LogP contribution in [0, 0.1) is 6.92 Å². The minimum atomic E-state index is -0.517. The maximum absolute atomic E-state index is 13.1. The average molecular weight is 327 g/mol. The number of nitrogens with zero attached hydrogens (tertiary/aromatic N) is 3. The smallest absolute Gasteiger partial charge is 0.256 e. The van der Waals surface area contributed by atoms with Crippen molar-refractivity contribution in [3.8, 4) is 0 Å². The number of benzene rings is 1. The Morgan fingerprint density at radius 2 is 2.17 bits per heavy atom. The average Bonchev–Trinajstić information content (AvgIpc) is 3.22. The molecular weight excluding hydrogens is 302 g/mol. The molecule has 128 valence electrons. The van der Waals surface area contributed by atoms with Crippen molar-refractivity contribution in [2.45, 2.75) is 45.4 Å². The van der Waals surface area contributed by atoms with Gasteiger partial charge in [0.15, 0.2) is 6.10 Å². The molecule has 3 rings (SSSR count). The molecule has 0 N–H and O–H groups in total. The Kier molecular flexibility index (Phi) is 5.30. The fourth-order valence-corrected chi connectivity index (χ4v) is 3.35. The molecule has 0 spiro atoms. The van der Waals surface area contributed by atoms with Crippen molar-refractivity contribution >= 4 is 5.91 Å². The first-order chi connectivity index (χ1) is 11.7. The summed E-state index contributed by atoms with van der Waals surface area (Å²) in [6.07, 6.45) is 5.41. The van der Waals surface area contributed by atoms with E-state index < -0.39 is 6.10 Å². The summed E-state index contributed by atoms with van der Waals surface area (Å²) in [6.45, 7) is 6.01. The summed E-state index contributed by atoms with van der Waals surface area (Å²) in [7, 11) is 0. The highest BCUT2D eigenvalue weighted by Gasteiger charge is 2.34. The third-order valence-corrected chi connectivity index (χ3v) is 4.48. The lowest BCUT2D eigenvalue weighted by Gasteiger charge is -2.29. The van der Waals surface area contributed by atoms with Gasteiger partial charge < -0.3 is 9.64 Å². The highest BCUT2D eigenvalue weighted by atomic mass is 16.5. The van der Waals surface area contributed by atoms with Crippen molar-refractivity contribution in [2.75, 3.05) is 13.2 Å². The van der Waals surface area contributed by atoms with Gasteiger partial charge in [0.25, 0.3) is 5.91 Å². The number of rotatable bonds is 6. The largest absolute Gasteiger partial charge is 0.364 e. The van der Waals surface area contributed by atoms with E-state index in [0.29, 0.717) is 6.61 Å². The van der Waals surface area contributed by atoms with Gasteiger partial charge in [-0.3, -0.25) is 9.48 Å². The third kappa shape index (κ3) is 3.67. The van der Waals surface area contributed by atoms with Gasteiger partial charge in [0, 0.05) is 19.3 Å². The molecule has 1 aromatic carbocycles. The number of amides is 1. The molecule has 5 heteroatoms. The molecule has 1 aliphatic heterocycles. The number of aryl methyl sites for hydroxylation is 1. The standard InChI is InChI=1S/C19H25N3O2/c1-3-24-18(16-8-5-4-6-9-16)19(23)22-11-7-10-17(22)14-21-13-15(2)12-20-21/h4-6,8-9,12-13,17-18H,3,7,10-11,14H2,1-2H3/t17-,18-/m0/s1. The van der Waals surface area contributed by atoms with Crippen molar-refractivity contribution in [3.05, 3.63) is 53.9 Å². The van der Waals surface area contributed by atoms with Crippen molar-refractivity contribution in [1.29, 1.82) is 0 Å². The molecule has 2 atom stereocenters. The molecule has 2 heterocycles. The highest BCUT2D eigenvalue weighted by molar-refractivity contribution is 5.83. The molecule has 1 fully saturated rings. The van der Waals surface area contributed by atoms with E-state index >= 15 is 0 Å². The highest BCUT2D eigenvalue weighted by Crippen LogP contribution is 2.26. The second kappa shape index (κ2) is 7.62. The van der Waals surface area contributed by atoms with Crippen LogP contribution in [0.3, 0.4) is 0 Å². The van der Waals surface area contributed by atoms with Crippen LogP contribution < -0.4 is 0 Å². The van der Waals surface area contributed by atoms with Gasteiger partial charge in [0.1, 0.15) is 0 Å². The number of carbonyl (C=O) groups excluding carboxylic acids is 1. The summed E-state index contributed by atoms with van der Waals surface area (Å²) in [5, 5.41) is 4.36. The quantitative estimate of drug-likeness (QED) is 0.819. The first kappa shape index (κ1) is 16.7. The summed E-state index contributed by atoms with van der Waals surface area (Å²) in [4.78, 5) is 15.1. The van der Waals surface area contributed by atoms with E-state index in [4.69, 9.17) is 4.74 Å². The zero-order chi connectivity index (χ0) is 16.9. The van der Waals surface area contributed by atoms with Gasteiger partial charge in [0.2, 0.25) is 0 Å². The van der Waals surface area contributed by atoms with E-state index in [9.17, 15) is 4.79 Å². The minimum absolute atomic E-state index is 0.0643. The molecule has 1 aliphatic rings. The number of hydrogen-bond donors (Lipinski definition) is 0. The molecule has 1 saturated heterocycles. The lowest BCUT2D eigenvalue weighted by atomic mass is 10.1. The number of hydrogen-bond acceptors (Lipinski definition) is 3. The van der Waals surface area contributed by atoms with Crippen LogP contribution in [0.2, 0.25) is 0 Å². The van der Waals surface area contributed by atoms with Gasteiger partial charge in [-0.05, 0) is 37.8 Å². The Labute approximate surface area is 143 Å². The summed E-state index contributed by atoms with van der Waals surface area (Å²) < 4.78 is 7.73. The first-order valence-electron chi connectivity index (χ1n) is 8.65. The molecule has 2 aromatic rings. The summed E-state index contributed by atoms with van der Waals surface area (Å²) in [5.74, 6) is 0.0643. The molecule has 24 heavy (non-hydrogen) atoms. The van der Waals surface area contributed by atoms with Crippen LogP contribution in [0.15, 0.2) is 42.7 Å². The number of likely N-dealkylation sites (tertiary alicyclic amines) is 1. The molecule has 5 nitrogen and oxygen atoms in total. The molecule has 0 radical (unpaired) electrons. The van der Waals surface area contributed by atoms with Gasteiger partial charge in [-0.15, -0.1) is 0 Å². The van der Waals surface area contributed by atoms with E-state index in [2.05, 4.69) is 5.10 Å². The van der Waals surface area contributed by atoms with E-state index in [-0.39, 0.29) is 11.9 Å². The molecular formula is C19H25N3O2. The second-order valence-electron chi connectivity index (χ2n) is 6.31. The van der Waals surface area contributed by atoms with E-state index in [1.807, 2.05) is 66.2 Å². The zero-order valence-corrected chi connectivity index (χ0v) is 14.4. The Morgan fingerprint density at radius 1 is 1.38 bits per heavy atom. The summed E-state index contributed by atoms with van der Waals surface area (Å²) in [5.41, 5.74) is 2.06. The van der Waals surface area contributed by atoms with Gasteiger partial charge in [-0.1, -0.05) is 30.3 Å². The van der Waals surface area contributed by atoms with Crippen LogP contribution in [-0.4, -0.2) is 39.8 Å². The molecule has 0 aliphatic carbocycles. The Hall–Kier alpha value is -2.14. The van der Waals surface area contributed by atoms with Crippen molar-refractivity contribution in [1.82, 2.24) is 14.7 Å². The SMILES string of the molecule is CCO[C@H](C(=O)N1CCC[C@H]1Cn1cc(C)cn1)c1ccccc1. The van der Waals surface area contributed by atoms with Crippen LogP contribution in [0.4, 0.5) is 0 Å². The maximum atomic E-state index is 13.1. The Balaban J connectivity index is 1.75. The van der Waals surface area contributed by atoms with Crippen molar-refractivity contribution in [2.24, 2.45) is 0 Å². The van der Waals surface area contributed by atoms with Crippen LogP contribution in [0.25, 0.3) is 0 Å². The van der Waals surface area contributed by atoms with Gasteiger partial charge >= 0.3 is 0 Å². The molecule has 1 aromatic heterocycles. The number of ether oxygens (including phenoxy) is 1. The van der Waals surface area contributed by atoms with Crippen LogP contribution in [0.1, 0.15) is 37.0 Å². The second-order valence-corrected chi connectivity index (χ2v) is 6.31. The van der Waals surface area contributed by atoms with Gasteiger partial charge in [0.05, 0.1) is 18.8 Å². The normalized spacial score (nSPS) is 18.8. The predicted octanol–water partition coefficient (Wildman–Crippen LogP) is 2.96. The van der Waals surface area contributed by atoms with Crippen LogP contribution in [-0.2, 0) is 16.1 Å². The van der Waals surface area contributed by atoms with Gasteiger partial charge in [-0.25, -0.2) is 0 Å². The molecule has 1 amide bonds. The number of carbonyl (C=O) groups is 1. The predicted molar refractivity (Wildman–Crippen MR) is 92.5 cm³/mol. The lowest BCUT2D eigenvalue weighted by Crippen LogP contribution is -2.41. The fraction of sp³-hybridized carbons (Fsp3) is 0.474. The fourth-order valence-electron chi connectivity index (χ4n) is 3.35. The maximum Gasteiger partial charge on any atom is 0.256 e. The lowest BCUT2D eigenvalue weighted by molar-refractivity contribution is -0.145. The van der Waals surface area contributed by atoms with E-state index in [1.165, 1.54) is 0 Å². The Bertz CT molecular complexity index is 668. The van der Waals surface area contributed by atoms with Crippen LogP contribution in [0.5, 0.6) is 0 Å². The number of aromatic nitrogens is 2. The van der Waals surface area contributed by atoms with Crippen molar-refractivity contribution in [3.63, 3.8) is 0 Å². The van der Waals surface area contributed by atoms with E-state index in [0.717, 1.165) is 37.1 Å². The molecule has 0 saturated carbocycles. The zero-order valence-electron chi connectivity index (χ0n) is 14.4. The van der Waals surface area contributed by atoms with Gasteiger partial charge in [-0.2, -0.15) is 5.10 Å². The summed E-state index contributed by atoms with van der Waals surface area (Å²) >= 11 is 0. The minimum Gasteiger partial charge on any atom is -0.364 e. The Morgan fingerprint density at radius 3 is 2.83 bits per heavy atom. The molecule has 0 bridgehead atoms. The topological polar surface area (TPSA) is 47.4 Å². The monoisotopic (exact) mass is 327 g/mol. The van der Waals surface area contributed by atoms with E-state index in [1.54, 1.807) is 0 Å². The first-order valence-corrected chi connectivity index (χ1v) is 8.65. The molecule has 0 unspecified atom stereocenters.